The summed E-state index contributed by atoms with van der Waals surface area (Å²) in [6.07, 6.45) is 2.61. The third-order valence-corrected chi connectivity index (χ3v) is 5.05. The molecule has 2 rings (SSSR count). The smallest absolute Gasteiger partial charge is 0.309 e. The van der Waals surface area contributed by atoms with Gasteiger partial charge in [0.05, 0.1) is 13.0 Å². The van der Waals surface area contributed by atoms with Crippen LogP contribution in [0.3, 0.4) is 0 Å². The zero-order chi connectivity index (χ0) is 22.1. The second kappa shape index (κ2) is 11.5. The summed E-state index contributed by atoms with van der Waals surface area (Å²) >= 11 is 5.40. The van der Waals surface area contributed by atoms with Gasteiger partial charge in [-0.15, -0.1) is 0 Å². The molecule has 0 fully saturated rings. The molecule has 1 heterocycles. The highest BCUT2D eigenvalue weighted by molar-refractivity contribution is 7.80. The molecule has 0 aliphatic rings. The van der Waals surface area contributed by atoms with Crippen LogP contribution in [-0.4, -0.2) is 40.2 Å². The van der Waals surface area contributed by atoms with Crippen molar-refractivity contribution in [2.24, 2.45) is 5.92 Å². The van der Waals surface area contributed by atoms with Gasteiger partial charge in [-0.05, 0) is 31.9 Å². The summed E-state index contributed by atoms with van der Waals surface area (Å²) in [5, 5.41) is 10.2. The number of rotatable bonds is 11. The quantitative estimate of drug-likeness (QED) is 0.313. The van der Waals surface area contributed by atoms with E-state index in [-0.39, 0.29) is 41.8 Å². The minimum atomic E-state index is -0.492. The van der Waals surface area contributed by atoms with Gasteiger partial charge in [0.2, 0.25) is 0 Å². The third kappa shape index (κ3) is 6.42. The van der Waals surface area contributed by atoms with E-state index in [9.17, 15) is 9.90 Å². The molecule has 7 heteroatoms. The molecular weight excluding hydrogens is 402 g/mol. The number of pyridine rings is 1. The number of methoxy groups -OCH3 is 1. The van der Waals surface area contributed by atoms with E-state index in [1.165, 1.54) is 13.3 Å². The average molecular weight is 432 g/mol. The lowest BCUT2D eigenvalue weighted by molar-refractivity contribution is -0.158. The summed E-state index contributed by atoms with van der Waals surface area (Å²) < 4.78 is 16.8. The first-order chi connectivity index (χ1) is 14.4. The lowest BCUT2D eigenvalue weighted by atomic mass is 10.0. The first-order valence-electron chi connectivity index (χ1n) is 10.0. The fourth-order valence-corrected chi connectivity index (χ4v) is 3.39. The molecule has 1 aromatic heterocycles. The Balaban J connectivity index is 2.00. The van der Waals surface area contributed by atoms with E-state index in [0.717, 1.165) is 12.2 Å². The number of ether oxygens (including phenoxy) is 3. The largest absolute Gasteiger partial charge is 0.503 e. The van der Waals surface area contributed by atoms with Crippen molar-refractivity contribution in [1.82, 2.24) is 4.98 Å². The van der Waals surface area contributed by atoms with Gasteiger partial charge in [-0.1, -0.05) is 50.7 Å². The fourth-order valence-electron chi connectivity index (χ4n) is 2.99. The first kappa shape index (κ1) is 23.6. The molecule has 0 amide bonds. The maximum atomic E-state index is 12.7. The fraction of sp³-hybridized carbons (Fsp3) is 0.435. The van der Waals surface area contributed by atoms with Gasteiger partial charge in [0.25, 0.3) is 0 Å². The number of esters is 1. The molecule has 0 radical (unpaired) electrons. The molecule has 2 aromatic rings. The van der Waals surface area contributed by atoms with Gasteiger partial charge >= 0.3 is 5.97 Å². The zero-order valence-corrected chi connectivity index (χ0v) is 18.6. The molecule has 0 unspecified atom stereocenters. The molecule has 0 aliphatic carbocycles. The highest BCUT2D eigenvalue weighted by atomic mass is 32.1. The molecule has 3 atom stereocenters. The number of carbonyl (C=O) groups excluding carboxylic acids is 1. The highest BCUT2D eigenvalue weighted by Gasteiger charge is 2.27. The van der Waals surface area contributed by atoms with Crippen molar-refractivity contribution in [3.05, 3.63) is 48.3 Å². The van der Waals surface area contributed by atoms with Crippen LogP contribution < -0.4 is 9.47 Å². The number of hydrogen-bond acceptors (Lipinski definition) is 7. The van der Waals surface area contributed by atoms with E-state index < -0.39 is 5.92 Å². The zero-order valence-electron chi connectivity index (χ0n) is 17.8. The maximum Gasteiger partial charge on any atom is 0.309 e. The van der Waals surface area contributed by atoms with Crippen molar-refractivity contribution >= 4 is 23.1 Å². The number of hydrogen-bond donors (Lipinski definition) is 1. The van der Waals surface area contributed by atoms with Gasteiger partial charge in [0.1, 0.15) is 23.7 Å². The first-order valence-corrected chi connectivity index (χ1v) is 10.5. The van der Waals surface area contributed by atoms with Crippen LogP contribution in [0.15, 0.2) is 42.6 Å². The molecule has 0 bridgehead atoms. The average Bonchev–Trinajstić information content (AvgIpc) is 2.74. The lowest BCUT2D eigenvalue weighted by Gasteiger charge is -2.26. The highest BCUT2D eigenvalue weighted by Crippen LogP contribution is 2.29. The number of nitrogens with zero attached hydrogens (tertiary/aromatic N) is 1. The van der Waals surface area contributed by atoms with Crippen LogP contribution >= 0.6 is 12.2 Å². The SMILES string of the molecule is CCC[C@H](OC(=O)[C@H](C)CC(=S)c1nccc(OC)c1O)[C@@H](C)Oc1ccccc1. The minimum Gasteiger partial charge on any atom is -0.503 e. The van der Waals surface area contributed by atoms with Gasteiger partial charge in [-0.25, -0.2) is 0 Å². The van der Waals surface area contributed by atoms with Crippen LogP contribution in [0.25, 0.3) is 0 Å². The number of aromatic nitrogens is 1. The summed E-state index contributed by atoms with van der Waals surface area (Å²) in [6, 6.07) is 11.0. The Labute approximate surface area is 183 Å². The van der Waals surface area contributed by atoms with Gasteiger partial charge in [-0.2, -0.15) is 0 Å². The van der Waals surface area contributed by atoms with Crippen molar-refractivity contribution in [2.45, 2.75) is 52.2 Å². The van der Waals surface area contributed by atoms with Gasteiger partial charge in [0.15, 0.2) is 11.5 Å². The van der Waals surface area contributed by atoms with Gasteiger partial charge in [-0.3, -0.25) is 9.78 Å². The standard InChI is InChI=1S/C23H29NO5S/c1-5-9-18(16(3)28-17-10-7-6-8-11-17)29-23(26)15(2)14-20(30)21-22(25)19(27-4)12-13-24-21/h6-8,10-13,15-16,18,25H,5,9,14H2,1-4H3/t15-,16-,18+/m1/s1. The van der Waals surface area contributed by atoms with Crippen LogP contribution in [0.5, 0.6) is 17.2 Å². The van der Waals surface area contributed by atoms with Crippen LogP contribution in [0, 0.1) is 5.92 Å². The van der Waals surface area contributed by atoms with Crippen molar-refractivity contribution in [1.29, 1.82) is 0 Å². The number of thiocarbonyl (C=S) groups is 1. The molecule has 0 saturated carbocycles. The summed E-state index contributed by atoms with van der Waals surface area (Å²) in [6.45, 7) is 5.68. The molecule has 1 aromatic carbocycles. The number of aromatic hydroxyl groups is 1. The van der Waals surface area contributed by atoms with Crippen molar-refractivity contribution in [2.75, 3.05) is 7.11 Å². The van der Waals surface area contributed by atoms with E-state index in [4.69, 9.17) is 26.4 Å². The molecule has 162 valence electrons. The molecule has 30 heavy (non-hydrogen) atoms. The van der Waals surface area contributed by atoms with E-state index in [2.05, 4.69) is 4.98 Å². The van der Waals surface area contributed by atoms with Crippen molar-refractivity contribution in [3.8, 4) is 17.2 Å². The molecule has 1 N–H and O–H groups in total. The van der Waals surface area contributed by atoms with E-state index in [1.54, 1.807) is 13.0 Å². The Morgan fingerprint density at radius 1 is 1.20 bits per heavy atom. The topological polar surface area (TPSA) is 77.9 Å². The molecule has 0 aliphatic heterocycles. The van der Waals surface area contributed by atoms with E-state index >= 15 is 0 Å². The van der Waals surface area contributed by atoms with Gasteiger partial charge < -0.3 is 19.3 Å². The number of carbonyl (C=O) groups is 1. The molecule has 0 saturated heterocycles. The second-order valence-electron chi connectivity index (χ2n) is 7.14. The maximum absolute atomic E-state index is 12.7. The molecular formula is C23H29NO5S. The van der Waals surface area contributed by atoms with Crippen LogP contribution in [0.2, 0.25) is 0 Å². The van der Waals surface area contributed by atoms with E-state index in [1.807, 2.05) is 44.2 Å². The Kier molecular flexibility index (Phi) is 9.05. The molecule has 6 nitrogen and oxygen atoms in total. The second-order valence-corrected chi connectivity index (χ2v) is 7.63. The summed E-state index contributed by atoms with van der Waals surface area (Å²) in [5.74, 6) is 0.0395. The Morgan fingerprint density at radius 3 is 2.53 bits per heavy atom. The van der Waals surface area contributed by atoms with Crippen LogP contribution in [-0.2, 0) is 9.53 Å². The number of benzene rings is 1. The van der Waals surface area contributed by atoms with Crippen molar-refractivity contribution < 1.29 is 24.1 Å². The predicted molar refractivity (Wildman–Crippen MR) is 119 cm³/mol. The van der Waals surface area contributed by atoms with Crippen LogP contribution in [0.4, 0.5) is 0 Å². The molecule has 0 spiro atoms. The Morgan fingerprint density at radius 2 is 1.90 bits per heavy atom. The lowest BCUT2D eigenvalue weighted by Crippen LogP contribution is -2.35. The summed E-state index contributed by atoms with van der Waals surface area (Å²) in [4.78, 5) is 17.2. The Bertz CT molecular complexity index is 843. The minimum absolute atomic E-state index is 0.126. The van der Waals surface area contributed by atoms with Gasteiger partial charge in [0, 0.05) is 17.1 Å². The Hall–Kier alpha value is -2.67. The summed E-state index contributed by atoms with van der Waals surface area (Å²) in [5.41, 5.74) is 0.245. The van der Waals surface area contributed by atoms with E-state index in [0.29, 0.717) is 11.3 Å². The monoisotopic (exact) mass is 431 g/mol. The third-order valence-electron chi connectivity index (χ3n) is 4.69. The summed E-state index contributed by atoms with van der Waals surface area (Å²) in [7, 11) is 1.45. The predicted octanol–water partition coefficient (Wildman–Crippen LogP) is 4.72. The normalized spacial score (nSPS) is 13.7. The van der Waals surface area contributed by atoms with Crippen molar-refractivity contribution in [3.63, 3.8) is 0 Å². The van der Waals surface area contributed by atoms with Crippen LogP contribution in [0.1, 0.15) is 45.7 Å². The number of para-hydroxylation sites is 1.